The van der Waals surface area contributed by atoms with Gasteiger partial charge in [-0.15, -0.1) is 0 Å². The van der Waals surface area contributed by atoms with E-state index in [0.29, 0.717) is 40.4 Å². The van der Waals surface area contributed by atoms with Gasteiger partial charge in [-0.3, -0.25) is 9.69 Å². The Labute approximate surface area is 214 Å². The van der Waals surface area contributed by atoms with E-state index in [1.165, 1.54) is 0 Å². The molecule has 2 aliphatic heterocycles. The molecule has 35 heavy (non-hydrogen) atoms. The van der Waals surface area contributed by atoms with E-state index in [0.717, 1.165) is 37.1 Å². The van der Waals surface area contributed by atoms with Crippen molar-refractivity contribution in [2.75, 3.05) is 13.1 Å². The highest BCUT2D eigenvalue weighted by atomic mass is 35.5. The number of halogens is 2. The molecule has 0 aliphatic carbocycles. The highest BCUT2D eigenvalue weighted by Crippen LogP contribution is 2.39. The SMILES string of the molecule is CC1(C)CC(NC(=O)C2CCCN(Cc3nc(-c4ccc(Cl)cc4Cl)no3)C2)c2ccccc2O1. The number of carbonyl (C=O) groups is 1. The molecule has 3 heterocycles. The maximum Gasteiger partial charge on any atom is 0.241 e. The van der Waals surface area contributed by atoms with E-state index in [1.807, 2.05) is 24.3 Å². The standard InChI is InChI=1S/C26H28Cl2N4O3/c1-26(2)13-21(19-7-3-4-8-22(19)34-26)29-25(33)16-6-5-11-32(14-16)15-23-30-24(31-35-23)18-10-9-17(27)12-20(18)28/h3-4,7-10,12,16,21H,5-6,11,13-15H2,1-2H3,(H,29,33). The first-order chi connectivity index (χ1) is 16.8. The second-order valence-corrected chi connectivity index (χ2v) is 10.7. The Balaban J connectivity index is 1.23. The van der Waals surface area contributed by atoms with Crippen LogP contribution in [0.5, 0.6) is 5.75 Å². The second kappa shape index (κ2) is 9.80. The number of likely N-dealkylation sites (tertiary alicyclic amines) is 1. The summed E-state index contributed by atoms with van der Waals surface area (Å²) in [6, 6.07) is 13.0. The Hall–Kier alpha value is -2.61. The summed E-state index contributed by atoms with van der Waals surface area (Å²) in [7, 11) is 0. The van der Waals surface area contributed by atoms with Gasteiger partial charge in [0.05, 0.1) is 23.5 Å². The number of para-hydroxylation sites is 1. The highest BCUT2D eigenvalue weighted by molar-refractivity contribution is 6.36. The first-order valence-electron chi connectivity index (χ1n) is 11.9. The van der Waals surface area contributed by atoms with Gasteiger partial charge in [0.2, 0.25) is 17.6 Å². The van der Waals surface area contributed by atoms with Gasteiger partial charge in [-0.2, -0.15) is 4.98 Å². The van der Waals surface area contributed by atoms with E-state index in [-0.39, 0.29) is 23.5 Å². The van der Waals surface area contributed by atoms with Crippen LogP contribution in [0.4, 0.5) is 0 Å². The van der Waals surface area contributed by atoms with Gasteiger partial charge in [-0.05, 0) is 57.5 Å². The van der Waals surface area contributed by atoms with Crippen LogP contribution in [0, 0.1) is 5.92 Å². The molecule has 184 valence electrons. The molecule has 1 fully saturated rings. The first-order valence-corrected chi connectivity index (χ1v) is 12.6. The molecule has 3 aromatic rings. The van der Waals surface area contributed by atoms with Crippen LogP contribution in [0.1, 0.15) is 50.6 Å². The lowest BCUT2D eigenvalue weighted by atomic mass is 9.88. The molecule has 2 aromatic carbocycles. The lowest BCUT2D eigenvalue weighted by molar-refractivity contribution is -0.128. The summed E-state index contributed by atoms with van der Waals surface area (Å²) < 4.78 is 11.6. The molecule has 0 bridgehead atoms. The van der Waals surface area contributed by atoms with Crippen molar-refractivity contribution in [1.29, 1.82) is 0 Å². The third-order valence-electron chi connectivity index (χ3n) is 6.57. The number of ether oxygens (including phenoxy) is 1. The molecule has 9 heteroatoms. The predicted molar refractivity (Wildman–Crippen MR) is 134 cm³/mol. The maximum absolute atomic E-state index is 13.3. The molecule has 5 rings (SSSR count). The normalized spacial score (nSPS) is 21.7. The molecule has 1 saturated heterocycles. The average Bonchev–Trinajstić information content (AvgIpc) is 3.26. The summed E-state index contributed by atoms with van der Waals surface area (Å²) in [4.78, 5) is 20.0. The summed E-state index contributed by atoms with van der Waals surface area (Å²) in [5.41, 5.74) is 1.36. The summed E-state index contributed by atoms with van der Waals surface area (Å²) in [5.74, 6) is 1.73. The number of piperidine rings is 1. The number of fused-ring (bicyclic) bond motifs is 1. The van der Waals surface area contributed by atoms with Crippen LogP contribution in [0.2, 0.25) is 10.0 Å². The molecular weight excluding hydrogens is 487 g/mol. The van der Waals surface area contributed by atoms with Crippen LogP contribution in [0.3, 0.4) is 0 Å². The average molecular weight is 515 g/mol. The van der Waals surface area contributed by atoms with E-state index < -0.39 is 0 Å². The Morgan fingerprint density at radius 2 is 2.06 bits per heavy atom. The maximum atomic E-state index is 13.3. The smallest absolute Gasteiger partial charge is 0.241 e. The van der Waals surface area contributed by atoms with Crippen molar-refractivity contribution in [3.8, 4) is 17.1 Å². The van der Waals surface area contributed by atoms with E-state index >= 15 is 0 Å². The zero-order valence-corrected chi connectivity index (χ0v) is 21.3. The number of hydrogen-bond donors (Lipinski definition) is 1. The van der Waals surface area contributed by atoms with E-state index in [2.05, 4.69) is 34.2 Å². The van der Waals surface area contributed by atoms with Gasteiger partial charge in [0.25, 0.3) is 0 Å². The van der Waals surface area contributed by atoms with Crippen LogP contribution in [-0.2, 0) is 11.3 Å². The molecule has 0 spiro atoms. The molecule has 2 unspecified atom stereocenters. The zero-order valence-electron chi connectivity index (χ0n) is 19.8. The van der Waals surface area contributed by atoms with Gasteiger partial charge in [-0.25, -0.2) is 0 Å². The van der Waals surface area contributed by atoms with Crippen molar-refractivity contribution in [3.05, 3.63) is 64.0 Å². The fourth-order valence-electron chi connectivity index (χ4n) is 4.92. The van der Waals surface area contributed by atoms with Crippen molar-refractivity contribution < 1.29 is 14.1 Å². The Morgan fingerprint density at radius 3 is 2.89 bits per heavy atom. The number of benzene rings is 2. The highest BCUT2D eigenvalue weighted by Gasteiger charge is 2.36. The van der Waals surface area contributed by atoms with Crippen molar-refractivity contribution in [2.45, 2.75) is 51.3 Å². The number of nitrogens with one attached hydrogen (secondary N) is 1. The lowest BCUT2D eigenvalue weighted by Gasteiger charge is -2.39. The zero-order chi connectivity index (χ0) is 24.6. The van der Waals surface area contributed by atoms with Crippen LogP contribution in [-0.4, -0.2) is 39.6 Å². The first kappa shape index (κ1) is 24.1. The number of carbonyl (C=O) groups excluding carboxylic acids is 1. The number of amides is 1. The van der Waals surface area contributed by atoms with Crippen molar-refractivity contribution in [2.24, 2.45) is 5.92 Å². The summed E-state index contributed by atoms with van der Waals surface area (Å²) in [5, 5.41) is 8.39. The van der Waals surface area contributed by atoms with Gasteiger partial charge < -0.3 is 14.6 Å². The largest absolute Gasteiger partial charge is 0.487 e. The van der Waals surface area contributed by atoms with Crippen LogP contribution >= 0.6 is 23.2 Å². The number of hydrogen-bond acceptors (Lipinski definition) is 6. The molecular formula is C26H28Cl2N4O3. The van der Waals surface area contributed by atoms with Crippen molar-refractivity contribution in [3.63, 3.8) is 0 Å². The minimum absolute atomic E-state index is 0.0690. The van der Waals surface area contributed by atoms with E-state index in [9.17, 15) is 4.79 Å². The third kappa shape index (κ3) is 5.47. The minimum atomic E-state index is -0.340. The van der Waals surface area contributed by atoms with Crippen LogP contribution in [0.15, 0.2) is 47.0 Å². The van der Waals surface area contributed by atoms with Crippen LogP contribution < -0.4 is 10.1 Å². The second-order valence-electron chi connectivity index (χ2n) is 9.88. The number of aromatic nitrogens is 2. The fourth-order valence-corrected chi connectivity index (χ4v) is 5.42. The van der Waals surface area contributed by atoms with Gasteiger partial charge in [0.1, 0.15) is 11.4 Å². The van der Waals surface area contributed by atoms with Gasteiger partial charge in [-0.1, -0.05) is 46.6 Å². The van der Waals surface area contributed by atoms with E-state index in [4.69, 9.17) is 32.5 Å². The quantitative estimate of drug-likeness (QED) is 0.472. The topological polar surface area (TPSA) is 80.5 Å². The Bertz CT molecular complexity index is 1230. The number of nitrogens with zero attached hydrogens (tertiary/aromatic N) is 3. The molecule has 0 radical (unpaired) electrons. The fraction of sp³-hybridized carbons (Fsp3) is 0.423. The lowest BCUT2D eigenvalue weighted by Crippen LogP contribution is -2.46. The predicted octanol–water partition coefficient (Wildman–Crippen LogP) is 5.67. The van der Waals surface area contributed by atoms with E-state index in [1.54, 1.807) is 18.2 Å². The summed E-state index contributed by atoms with van der Waals surface area (Å²) in [6.45, 7) is 6.10. The van der Waals surface area contributed by atoms with Crippen LogP contribution in [0.25, 0.3) is 11.4 Å². The molecule has 1 aromatic heterocycles. The molecule has 7 nitrogen and oxygen atoms in total. The molecule has 2 atom stereocenters. The summed E-state index contributed by atoms with van der Waals surface area (Å²) >= 11 is 12.3. The molecule has 1 amide bonds. The Morgan fingerprint density at radius 1 is 1.23 bits per heavy atom. The summed E-state index contributed by atoms with van der Waals surface area (Å²) in [6.07, 6.45) is 2.51. The number of rotatable bonds is 5. The minimum Gasteiger partial charge on any atom is -0.487 e. The molecule has 1 N–H and O–H groups in total. The third-order valence-corrected chi connectivity index (χ3v) is 7.12. The monoisotopic (exact) mass is 514 g/mol. The van der Waals surface area contributed by atoms with Crippen molar-refractivity contribution >= 4 is 29.1 Å². The van der Waals surface area contributed by atoms with Crippen molar-refractivity contribution in [1.82, 2.24) is 20.4 Å². The van der Waals surface area contributed by atoms with Gasteiger partial charge >= 0.3 is 0 Å². The molecule has 2 aliphatic rings. The van der Waals surface area contributed by atoms with Gasteiger partial charge in [0, 0.05) is 29.1 Å². The molecule has 0 saturated carbocycles. The van der Waals surface area contributed by atoms with Gasteiger partial charge in [0.15, 0.2) is 0 Å². The Kier molecular flexibility index (Phi) is 6.75.